The van der Waals surface area contributed by atoms with E-state index in [1.165, 1.54) is 16.8 Å². The smallest absolute Gasteiger partial charge is 0.338 e. The molecule has 0 saturated heterocycles. The summed E-state index contributed by atoms with van der Waals surface area (Å²) in [5.74, 6) is -0.0854. The molecule has 1 atom stereocenters. The van der Waals surface area contributed by atoms with E-state index in [9.17, 15) is 14.9 Å². The number of tetrazole rings is 1. The molecular weight excluding hydrogens is 364 g/mol. The van der Waals surface area contributed by atoms with E-state index < -0.39 is 16.9 Å². The molecule has 1 aliphatic carbocycles. The fourth-order valence-electron chi connectivity index (χ4n) is 3.79. The van der Waals surface area contributed by atoms with Crippen molar-refractivity contribution in [1.29, 1.82) is 0 Å². The molecule has 0 spiro atoms. The number of nitrogens with one attached hydrogen (secondary N) is 1. The Bertz CT molecular complexity index is 947. The van der Waals surface area contributed by atoms with Crippen molar-refractivity contribution in [2.75, 3.05) is 5.32 Å². The van der Waals surface area contributed by atoms with Crippen molar-refractivity contribution >= 4 is 17.6 Å². The number of hydrogen-bond acceptors (Lipinski definition) is 8. The first-order valence-corrected chi connectivity index (χ1v) is 9.25. The van der Waals surface area contributed by atoms with Crippen LogP contribution in [0.15, 0.2) is 35.5 Å². The van der Waals surface area contributed by atoms with E-state index in [1.54, 1.807) is 19.1 Å². The lowest BCUT2D eigenvalue weighted by Crippen LogP contribution is -2.32. The highest BCUT2D eigenvalue weighted by Gasteiger charge is 2.36. The third-order valence-corrected chi connectivity index (χ3v) is 5.16. The highest BCUT2D eigenvalue weighted by molar-refractivity contribution is 5.92. The summed E-state index contributed by atoms with van der Waals surface area (Å²) in [6.07, 6.45) is 4.83. The van der Waals surface area contributed by atoms with Crippen LogP contribution < -0.4 is 5.32 Å². The maximum atomic E-state index is 13.1. The van der Waals surface area contributed by atoms with Gasteiger partial charge in [-0.3, -0.25) is 10.1 Å². The number of rotatable bonds is 4. The van der Waals surface area contributed by atoms with Gasteiger partial charge < -0.3 is 10.1 Å². The van der Waals surface area contributed by atoms with Gasteiger partial charge in [0.1, 0.15) is 12.1 Å². The summed E-state index contributed by atoms with van der Waals surface area (Å²) in [6, 6.07) is 5.43. The molecule has 2 aliphatic rings. The summed E-state index contributed by atoms with van der Waals surface area (Å²) < 4.78 is 7.22. The minimum atomic E-state index is -0.706. The predicted octanol–water partition coefficient (Wildman–Crippen LogP) is 2.75. The number of allylic oxidation sites excluding steroid dienone is 1. The molecule has 28 heavy (non-hydrogen) atoms. The maximum absolute atomic E-state index is 13.1. The van der Waals surface area contributed by atoms with E-state index in [1.807, 2.05) is 0 Å². The third-order valence-electron chi connectivity index (χ3n) is 5.16. The van der Waals surface area contributed by atoms with Crippen LogP contribution in [-0.4, -0.2) is 37.2 Å². The quantitative estimate of drug-likeness (QED) is 0.484. The average molecular weight is 384 g/mol. The second-order valence-corrected chi connectivity index (χ2v) is 7.03. The number of benzene rings is 1. The van der Waals surface area contributed by atoms with Crippen molar-refractivity contribution in [3.8, 4) is 0 Å². The zero-order valence-corrected chi connectivity index (χ0v) is 15.4. The van der Waals surface area contributed by atoms with Crippen molar-refractivity contribution in [3.63, 3.8) is 0 Å². The molecule has 1 aliphatic heterocycles. The minimum absolute atomic E-state index is 0.0664. The number of fused-ring (bicyclic) bond motifs is 1. The predicted molar refractivity (Wildman–Crippen MR) is 98.3 cm³/mol. The minimum Gasteiger partial charge on any atom is -0.459 e. The lowest BCUT2D eigenvalue weighted by atomic mass is 9.94. The van der Waals surface area contributed by atoms with E-state index in [0.29, 0.717) is 22.8 Å². The molecule has 1 saturated carbocycles. The Balaban J connectivity index is 1.73. The van der Waals surface area contributed by atoms with Crippen LogP contribution in [0.25, 0.3) is 0 Å². The summed E-state index contributed by atoms with van der Waals surface area (Å²) in [5, 5.41) is 25.8. The molecule has 1 aromatic heterocycles. The van der Waals surface area contributed by atoms with Gasteiger partial charge in [-0.2, -0.15) is 4.68 Å². The van der Waals surface area contributed by atoms with Gasteiger partial charge in [0, 0.05) is 17.8 Å². The Hall–Kier alpha value is -3.30. The van der Waals surface area contributed by atoms with E-state index in [0.717, 1.165) is 32.1 Å². The largest absolute Gasteiger partial charge is 0.459 e. The van der Waals surface area contributed by atoms with Crippen LogP contribution in [0.2, 0.25) is 0 Å². The number of nitro benzene ring substituents is 1. The Morgan fingerprint density at radius 3 is 2.86 bits per heavy atom. The van der Waals surface area contributed by atoms with Gasteiger partial charge in [-0.25, -0.2) is 4.79 Å². The van der Waals surface area contributed by atoms with Crippen LogP contribution in [-0.2, 0) is 9.53 Å². The molecule has 2 heterocycles. The molecule has 0 amide bonds. The molecule has 10 nitrogen and oxygen atoms in total. The molecule has 146 valence electrons. The highest BCUT2D eigenvalue weighted by atomic mass is 16.6. The van der Waals surface area contributed by atoms with Crippen LogP contribution in [0, 0.1) is 10.1 Å². The Labute approximate surface area is 160 Å². The summed E-state index contributed by atoms with van der Waals surface area (Å²) in [6.45, 7) is 1.75. The first-order valence-electron chi connectivity index (χ1n) is 9.25. The lowest BCUT2D eigenvalue weighted by molar-refractivity contribution is -0.384. The molecule has 10 heteroatoms. The van der Waals surface area contributed by atoms with E-state index in [2.05, 4.69) is 20.8 Å². The second-order valence-electron chi connectivity index (χ2n) is 7.03. The molecule has 2 aromatic rings. The van der Waals surface area contributed by atoms with Crippen molar-refractivity contribution < 1.29 is 14.5 Å². The van der Waals surface area contributed by atoms with Crippen LogP contribution in [0.4, 0.5) is 11.6 Å². The normalized spacial score (nSPS) is 19.7. The van der Waals surface area contributed by atoms with Crippen molar-refractivity contribution in [2.24, 2.45) is 0 Å². The standard InChI is InChI=1S/C18H20N6O4/c1-11-15(17(25)28-14-8-3-2-4-9-14)16(23-18(19-11)20-21-22-23)12-6-5-7-13(10-12)24(26)27/h5-7,10,14,16H,2-4,8-9H2,1H3,(H,19,20,22)/t16-/m0/s1. The van der Waals surface area contributed by atoms with Gasteiger partial charge in [-0.05, 0) is 48.6 Å². The second kappa shape index (κ2) is 7.37. The average Bonchev–Trinajstić information content (AvgIpc) is 3.15. The van der Waals surface area contributed by atoms with Crippen molar-refractivity contribution in [1.82, 2.24) is 20.2 Å². The van der Waals surface area contributed by atoms with Gasteiger partial charge in [-0.15, -0.1) is 0 Å². The molecule has 0 unspecified atom stereocenters. The van der Waals surface area contributed by atoms with Gasteiger partial charge in [0.25, 0.3) is 5.69 Å². The Kier molecular flexibility index (Phi) is 4.76. The monoisotopic (exact) mass is 384 g/mol. The summed E-state index contributed by atoms with van der Waals surface area (Å²) in [4.78, 5) is 23.8. The molecule has 1 fully saturated rings. The lowest BCUT2D eigenvalue weighted by Gasteiger charge is -2.29. The van der Waals surface area contributed by atoms with Gasteiger partial charge >= 0.3 is 5.97 Å². The number of non-ortho nitro benzene ring substituents is 1. The third kappa shape index (κ3) is 3.32. The van der Waals surface area contributed by atoms with E-state index in [4.69, 9.17) is 4.74 Å². The fourth-order valence-corrected chi connectivity index (χ4v) is 3.79. The number of hydrogen-bond donors (Lipinski definition) is 1. The molecule has 0 bridgehead atoms. The maximum Gasteiger partial charge on any atom is 0.338 e. The van der Waals surface area contributed by atoms with E-state index in [-0.39, 0.29) is 11.8 Å². The Morgan fingerprint density at radius 2 is 2.11 bits per heavy atom. The molecular formula is C18H20N6O4. The summed E-state index contributed by atoms with van der Waals surface area (Å²) >= 11 is 0. The number of anilines is 1. The number of ether oxygens (including phenoxy) is 1. The number of carbonyl (C=O) groups is 1. The highest BCUT2D eigenvalue weighted by Crippen LogP contribution is 2.36. The number of nitro groups is 1. The van der Waals surface area contributed by atoms with Crippen molar-refractivity contribution in [2.45, 2.75) is 51.2 Å². The van der Waals surface area contributed by atoms with Gasteiger partial charge in [0.15, 0.2) is 0 Å². The molecule has 1 aromatic carbocycles. The van der Waals surface area contributed by atoms with Crippen LogP contribution >= 0.6 is 0 Å². The van der Waals surface area contributed by atoms with Gasteiger partial charge in [-0.1, -0.05) is 23.7 Å². The zero-order chi connectivity index (χ0) is 19.7. The van der Waals surface area contributed by atoms with Gasteiger partial charge in [0.2, 0.25) is 5.95 Å². The molecule has 0 radical (unpaired) electrons. The van der Waals surface area contributed by atoms with Gasteiger partial charge in [0.05, 0.1) is 10.5 Å². The first-order chi connectivity index (χ1) is 13.5. The molecule has 1 N–H and O–H groups in total. The Morgan fingerprint density at radius 1 is 1.32 bits per heavy atom. The number of esters is 1. The fraction of sp³-hybridized carbons (Fsp3) is 0.444. The summed E-state index contributed by atoms with van der Waals surface area (Å²) in [5.41, 5.74) is 1.40. The number of carbonyl (C=O) groups excluding carboxylic acids is 1. The molecule has 4 rings (SSSR count). The number of nitrogens with zero attached hydrogens (tertiary/aromatic N) is 5. The van der Waals surface area contributed by atoms with Crippen LogP contribution in [0.1, 0.15) is 50.6 Å². The van der Waals surface area contributed by atoms with Crippen LogP contribution in [0.3, 0.4) is 0 Å². The van der Waals surface area contributed by atoms with Crippen molar-refractivity contribution in [3.05, 3.63) is 51.2 Å². The summed E-state index contributed by atoms with van der Waals surface area (Å²) in [7, 11) is 0. The first kappa shape index (κ1) is 18.1. The SMILES string of the molecule is CC1=C(C(=O)OC2CCCCC2)[C@H](c2cccc([N+](=O)[O-])c2)n2nnnc2N1. The topological polar surface area (TPSA) is 125 Å². The zero-order valence-electron chi connectivity index (χ0n) is 15.4. The van der Waals surface area contributed by atoms with E-state index >= 15 is 0 Å². The van der Waals surface area contributed by atoms with Crippen LogP contribution in [0.5, 0.6) is 0 Å². The number of aromatic nitrogens is 4.